The van der Waals surface area contributed by atoms with E-state index in [0.717, 1.165) is 0 Å². The van der Waals surface area contributed by atoms with Gasteiger partial charge in [0.1, 0.15) is 0 Å². The molecule has 1 heteroatoms. The van der Waals surface area contributed by atoms with Gasteiger partial charge in [-0.15, -0.1) is 0 Å². The fraction of sp³-hybridized carbons (Fsp3) is 0.800. The molecular weight excluding hydrogens is 212 g/mol. The van der Waals surface area contributed by atoms with Crippen molar-refractivity contribution in [1.29, 1.82) is 0 Å². The highest BCUT2D eigenvalue weighted by Gasteiger charge is 2.45. The van der Waals surface area contributed by atoms with Crippen LogP contribution >= 0.6 is 10.5 Å². The molecule has 0 aromatic rings. The average Bonchev–Trinajstić information content (AvgIpc) is 2.27. The van der Waals surface area contributed by atoms with Crippen molar-refractivity contribution in [3.05, 3.63) is 10.5 Å². The molecule has 1 aliphatic rings. The van der Waals surface area contributed by atoms with Crippen molar-refractivity contribution in [2.45, 2.75) is 60.6 Å². The van der Waals surface area contributed by atoms with Gasteiger partial charge in [-0.1, -0.05) is 53.0 Å². The Morgan fingerprint density at radius 1 is 0.938 bits per heavy atom. The van der Waals surface area contributed by atoms with E-state index in [4.69, 9.17) is 0 Å². The predicted octanol–water partition coefficient (Wildman–Crippen LogP) is 5.07. The minimum atomic E-state index is 0.198. The summed E-state index contributed by atoms with van der Waals surface area (Å²) in [5.74, 6) is 5.14. The van der Waals surface area contributed by atoms with E-state index >= 15 is 0 Å². The summed E-state index contributed by atoms with van der Waals surface area (Å²) in [5.41, 5.74) is 2.30. The van der Waals surface area contributed by atoms with Crippen molar-refractivity contribution in [2.75, 3.05) is 0 Å². The van der Waals surface area contributed by atoms with Gasteiger partial charge in [-0.05, 0) is 35.5 Å². The summed E-state index contributed by atoms with van der Waals surface area (Å²) < 4.78 is 0. The van der Waals surface area contributed by atoms with Gasteiger partial charge < -0.3 is 0 Å². The van der Waals surface area contributed by atoms with Gasteiger partial charge in [0.25, 0.3) is 0 Å². The van der Waals surface area contributed by atoms with Crippen LogP contribution in [0, 0.1) is 16.7 Å². The summed E-state index contributed by atoms with van der Waals surface area (Å²) in [6.45, 7) is 18.8. The SMILES string of the molecule is C=S1C(C)=C(C)C(C(C)(C)C)C1C(C)(C)C. The van der Waals surface area contributed by atoms with Gasteiger partial charge in [0, 0.05) is 5.25 Å². The molecule has 94 valence electrons. The second-order valence-electron chi connectivity index (χ2n) is 7.30. The first-order valence-electron chi connectivity index (χ1n) is 6.18. The van der Waals surface area contributed by atoms with E-state index in [2.05, 4.69) is 61.3 Å². The zero-order chi connectivity index (χ0) is 12.9. The van der Waals surface area contributed by atoms with Gasteiger partial charge in [0.15, 0.2) is 0 Å². The topological polar surface area (TPSA) is 0 Å². The second-order valence-corrected chi connectivity index (χ2v) is 9.28. The number of hydrogen-bond donors (Lipinski definition) is 0. The van der Waals surface area contributed by atoms with Crippen LogP contribution < -0.4 is 0 Å². The lowest BCUT2D eigenvalue weighted by Gasteiger charge is -2.41. The molecule has 0 bridgehead atoms. The highest BCUT2D eigenvalue weighted by molar-refractivity contribution is 8.18. The van der Waals surface area contributed by atoms with E-state index in [9.17, 15) is 0 Å². The minimum absolute atomic E-state index is 0.198. The predicted molar refractivity (Wildman–Crippen MR) is 79.3 cm³/mol. The Morgan fingerprint density at radius 3 is 1.62 bits per heavy atom. The molecule has 0 aromatic carbocycles. The van der Waals surface area contributed by atoms with Crippen LogP contribution in [0.2, 0.25) is 0 Å². The molecule has 0 nitrogen and oxygen atoms in total. The molecule has 1 rings (SSSR count). The van der Waals surface area contributed by atoms with Gasteiger partial charge in [0.05, 0.1) is 0 Å². The van der Waals surface area contributed by atoms with Crippen LogP contribution in [0.15, 0.2) is 10.5 Å². The van der Waals surface area contributed by atoms with Gasteiger partial charge in [-0.25, -0.2) is 0 Å². The molecule has 0 aliphatic carbocycles. The van der Waals surface area contributed by atoms with Gasteiger partial charge in [-0.2, -0.15) is 10.5 Å². The second kappa shape index (κ2) is 4.01. The lowest BCUT2D eigenvalue weighted by Crippen LogP contribution is -2.37. The summed E-state index contributed by atoms with van der Waals surface area (Å²) in [6, 6.07) is 0. The summed E-state index contributed by atoms with van der Waals surface area (Å²) >= 11 is 0. The summed E-state index contributed by atoms with van der Waals surface area (Å²) in [4.78, 5) is 1.56. The fourth-order valence-electron chi connectivity index (χ4n) is 3.04. The van der Waals surface area contributed by atoms with Crippen molar-refractivity contribution in [2.24, 2.45) is 16.7 Å². The fourth-order valence-corrected chi connectivity index (χ4v) is 5.75. The Kier molecular flexibility index (Phi) is 3.52. The Balaban J connectivity index is 3.27. The summed E-state index contributed by atoms with van der Waals surface area (Å²) in [7, 11) is 0.198. The van der Waals surface area contributed by atoms with E-state index in [0.29, 0.717) is 22.0 Å². The largest absolute Gasteiger partial charge is 0.162 e. The number of allylic oxidation sites excluding steroid dienone is 2. The average molecular weight is 240 g/mol. The molecule has 3 atom stereocenters. The van der Waals surface area contributed by atoms with Gasteiger partial charge >= 0.3 is 0 Å². The Labute approximate surface area is 104 Å². The van der Waals surface area contributed by atoms with Crippen LogP contribution in [0.3, 0.4) is 0 Å². The van der Waals surface area contributed by atoms with Crippen molar-refractivity contribution < 1.29 is 0 Å². The maximum atomic E-state index is 4.45. The van der Waals surface area contributed by atoms with Crippen LogP contribution in [0.25, 0.3) is 0 Å². The number of rotatable bonds is 0. The Morgan fingerprint density at radius 2 is 1.38 bits per heavy atom. The van der Waals surface area contributed by atoms with Crippen LogP contribution in [0.4, 0.5) is 0 Å². The van der Waals surface area contributed by atoms with Crippen LogP contribution in [-0.2, 0) is 0 Å². The zero-order valence-corrected chi connectivity index (χ0v) is 13.1. The van der Waals surface area contributed by atoms with Crippen molar-refractivity contribution >= 4 is 16.4 Å². The van der Waals surface area contributed by atoms with Crippen LogP contribution in [0.5, 0.6) is 0 Å². The third kappa shape index (κ3) is 2.30. The molecule has 0 amide bonds. The summed E-state index contributed by atoms with van der Waals surface area (Å²) in [6.07, 6.45) is 0. The molecule has 0 N–H and O–H groups in total. The van der Waals surface area contributed by atoms with E-state index in [1.165, 1.54) is 0 Å². The first-order chi connectivity index (χ1) is 6.98. The molecule has 3 unspecified atom stereocenters. The van der Waals surface area contributed by atoms with Crippen molar-refractivity contribution in [3.63, 3.8) is 0 Å². The first-order valence-corrected chi connectivity index (χ1v) is 7.63. The monoisotopic (exact) mass is 240 g/mol. The molecule has 1 heterocycles. The van der Waals surface area contributed by atoms with E-state index < -0.39 is 0 Å². The van der Waals surface area contributed by atoms with Crippen LogP contribution in [0.1, 0.15) is 55.4 Å². The smallest absolute Gasteiger partial charge is 0.0152 e. The molecule has 0 radical (unpaired) electrons. The third-order valence-electron chi connectivity index (χ3n) is 3.81. The van der Waals surface area contributed by atoms with Crippen molar-refractivity contribution in [3.8, 4) is 0 Å². The van der Waals surface area contributed by atoms with Crippen LogP contribution in [-0.4, -0.2) is 11.1 Å². The molecule has 0 aromatic heterocycles. The van der Waals surface area contributed by atoms with E-state index in [1.54, 1.807) is 10.5 Å². The minimum Gasteiger partial charge on any atom is -0.162 e. The molecule has 0 fully saturated rings. The Bertz CT molecular complexity index is 333. The molecule has 1 aliphatic heterocycles. The van der Waals surface area contributed by atoms with Gasteiger partial charge in [-0.3, -0.25) is 0 Å². The highest BCUT2D eigenvalue weighted by atomic mass is 32.2. The van der Waals surface area contributed by atoms with E-state index in [1.807, 2.05) is 0 Å². The molecule has 0 saturated heterocycles. The molecular formula is C15H28S. The normalized spacial score (nSPS) is 32.4. The summed E-state index contributed by atoms with van der Waals surface area (Å²) in [5, 5.41) is 0.701. The lowest BCUT2D eigenvalue weighted by atomic mass is 9.69. The zero-order valence-electron chi connectivity index (χ0n) is 12.3. The molecule has 0 saturated carbocycles. The lowest BCUT2D eigenvalue weighted by molar-refractivity contribution is 0.211. The van der Waals surface area contributed by atoms with Gasteiger partial charge in [0.2, 0.25) is 0 Å². The highest BCUT2D eigenvalue weighted by Crippen LogP contribution is 2.57. The quantitative estimate of drug-likeness (QED) is 0.518. The maximum absolute atomic E-state index is 4.45. The maximum Gasteiger partial charge on any atom is 0.0152 e. The van der Waals surface area contributed by atoms with Crippen molar-refractivity contribution in [1.82, 2.24) is 0 Å². The molecule has 0 spiro atoms. The first kappa shape index (κ1) is 14.0. The molecule has 16 heavy (non-hydrogen) atoms. The third-order valence-corrected chi connectivity index (χ3v) is 6.51. The standard InChI is InChI=1S/C15H28S/c1-10-11(2)16(9)13(15(6,7)8)12(10)14(3,4)5/h12-13H,9H2,1-8H3. The number of hydrogen-bond acceptors (Lipinski definition) is 0. The van der Waals surface area contributed by atoms with E-state index in [-0.39, 0.29) is 10.5 Å². The Hall–Kier alpha value is -0.0400.